The quantitative estimate of drug-likeness (QED) is 0.760. The fourth-order valence-electron chi connectivity index (χ4n) is 3.00. The van der Waals surface area contributed by atoms with Crippen LogP contribution >= 0.6 is 0 Å². The van der Waals surface area contributed by atoms with E-state index in [4.69, 9.17) is 0 Å². The van der Waals surface area contributed by atoms with E-state index in [9.17, 15) is 0 Å². The van der Waals surface area contributed by atoms with E-state index in [-0.39, 0.29) is 0 Å². The van der Waals surface area contributed by atoms with Crippen molar-refractivity contribution in [3.8, 4) is 0 Å². The summed E-state index contributed by atoms with van der Waals surface area (Å²) in [5.74, 6) is 2.22. The van der Waals surface area contributed by atoms with Gasteiger partial charge in [-0.3, -0.25) is 0 Å². The lowest BCUT2D eigenvalue weighted by molar-refractivity contribution is 0.287. The second-order valence-corrected chi connectivity index (χ2v) is 5.46. The second kappa shape index (κ2) is 5.39. The van der Waals surface area contributed by atoms with Crippen molar-refractivity contribution in [3.63, 3.8) is 0 Å². The zero-order valence-corrected chi connectivity index (χ0v) is 11.1. The van der Waals surface area contributed by atoms with Crippen LogP contribution in [0.3, 0.4) is 0 Å². The fourth-order valence-corrected chi connectivity index (χ4v) is 3.00. The number of rotatable bonds is 3. The Morgan fingerprint density at radius 2 is 1.88 bits per heavy atom. The van der Waals surface area contributed by atoms with Crippen molar-refractivity contribution in [2.24, 2.45) is 17.8 Å². The Hall–Kier alpha value is -1.24. The van der Waals surface area contributed by atoms with E-state index in [0.717, 1.165) is 18.4 Å². The predicted octanol–water partition coefficient (Wildman–Crippen LogP) is 4.34. The Morgan fingerprint density at radius 1 is 1.18 bits per heavy atom. The van der Waals surface area contributed by atoms with Gasteiger partial charge in [-0.1, -0.05) is 43.7 Å². The normalized spacial score (nSPS) is 28.6. The minimum absolute atomic E-state index is 0.690. The van der Waals surface area contributed by atoms with Crippen LogP contribution < -0.4 is 5.32 Å². The van der Waals surface area contributed by atoms with Crippen LogP contribution in [-0.4, -0.2) is 6.54 Å². The highest BCUT2D eigenvalue weighted by atomic mass is 14.9. The fraction of sp³-hybridized carbons (Fsp3) is 0.500. The Bertz CT molecular complexity index is 380. The lowest BCUT2D eigenvalue weighted by Crippen LogP contribution is -2.29. The molecule has 92 valence electrons. The number of hydrogen-bond acceptors (Lipinski definition) is 1. The van der Waals surface area contributed by atoms with Crippen LogP contribution in [0.5, 0.6) is 0 Å². The van der Waals surface area contributed by atoms with Gasteiger partial charge in [-0.15, -0.1) is 0 Å². The summed E-state index contributed by atoms with van der Waals surface area (Å²) in [4.78, 5) is 0. The van der Waals surface area contributed by atoms with Crippen LogP contribution in [0.25, 0.3) is 0 Å². The number of hydrogen-bond donors (Lipinski definition) is 1. The molecule has 3 atom stereocenters. The van der Waals surface area contributed by atoms with Gasteiger partial charge in [0, 0.05) is 12.2 Å². The molecule has 1 aromatic carbocycles. The molecule has 0 saturated heterocycles. The summed E-state index contributed by atoms with van der Waals surface area (Å²) in [5.41, 5.74) is 2.79. The Balaban J connectivity index is 1.95. The van der Waals surface area contributed by atoms with E-state index in [2.05, 4.69) is 62.5 Å². The van der Waals surface area contributed by atoms with Crippen LogP contribution in [-0.2, 0) is 0 Å². The van der Waals surface area contributed by atoms with E-state index in [1.807, 2.05) is 0 Å². The summed E-state index contributed by atoms with van der Waals surface area (Å²) in [6.45, 7) is 8.06. The van der Waals surface area contributed by atoms with Gasteiger partial charge >= 0.3 is 0 Å². The number of nitrogens with one attached hydrogen (secondary N) is 1. The van der Waals surface area contributed by atoms with Gasteiger partial charge in [0.2, 0.25) is 0 Å². The maximum atomic E-state index is 3.56. The summed E-state index contributed by atoms with van der Waals surface area (Å²) in [7, 11) is 0. The Morgan fingerprint density at radius 3 is 2.53 bits per heavy atom. The summed E-state index contributed by atoms with van der Waals surface area (Å²) in [6, 6.07) is 10.5. The van der Waals surface area contributed by atoms with Crippen LogP contribution in [0.4, 0.5) is 5.69 Å². The third-order valence-electron chi connectivity index (χ3n) is 3.91. The van der Waals surface area contributed by atoms with Gasteiger partial charge < -0.3 is 5.32 Å². The van der Waals surface area contributed by atoms with Gasteiger partial charge in [0.15, 0.2) is 0 Å². The van der Waals surface area contributed by atoms with Crippen LogP contribution in [0.2, 0.25) is 0 Å². The molecular weight excluding hydrogens is 206 g/mol. The van der Waals surface area contributed by atoms with Gasteiger partial charge in [-0.05, 0) is 43.2 Å². The molecule has 0 aromatic heterocycles. The second-order valence-electron chi connectivity index (χ2n) is 5.46. The van der Waals surface area contributed by atoms with Crippen molar-refractivity contribution < 1.29 is 0 Å². The standard InChI is InChI=1S/C16H23N/c1-12-9-13(2)16(14(3)10-12)11-17-15-7-5-4-6-8-15/h4-9,13-14,16-17H,10-11H2,1-3H3/t13-,14+,16-/m0/s1. The zero-order chi connectivity index (χ0) is 12.3. The number of para-hydroxylation sites is 1. The zero-order valence-electron chi connectivity index (χ0n) is 11.1. The average molecular weight is 229 g/mol. The molecule has 0 saturated carbocycles. The third-order valence-corrected chi connectivity index (χ3v) is 3.91. The smallest absolute Gasteiger partial charge is 0.0340 e. The van der Waals surface area contributed by atoms with Crippen molar-refractivity contribution in [1.82, 2.24) is 0 Å². The van der Waals surface area contributed by atoms with E-state index in [1.165, 1.54) is 12.1 Å². The van der Waals surface area contributed by atoms with Crippen LogP contribution in [0, 0.1) is 17.8 Å². The Labute approximate surface area is 105 Å². The first-order chi connectivity index (χ1) is 8.16. The largest absolute Gasteiger partial charge is 0.385 e. The lowest BCUT2D eigenvalue weighted by Gasteiger charge is -2.33. The molecule has 1 aromatic rings. The van der Waals surface area contributed by atoms with E-state index in [0.29, 0.717) is 5.92 Å². The molecule has 1 aliphatic carbocycles. The lowest BCUT2D eigenvalue weighted by atomic mass is 9.75. The third kappa shape index (κ3) is 3.12. The van der Waals surface area contributed by atoms with Crippen molar-refractivity contribution in [2.45, 2.75) is 27.2 Å². The van der Waals surface area contributed by atoms with Gasteiger partial charge in [0.25, 0.3) is 0 Å². The van der Waals surface area contributed by atoms with Gasteiger partial charge in [-0.25, -0.2) is 0 Å². The number of anilines is 1. The summed E-state index contributed by atoms with van der Waals surface area (Å²) >= 11 is 0. The van der Waals surface area contributed by atoms with Gasteiger partial charge in [0.1, 0.15) is 0 Å². The molecule has 1 N–H and O–H groups in total. The Kier molecular flexibility index (Phi) is 3.88. The molecule has 2 rings (SSSR count). The van der Waals surface area contributed by atoms with E-state index in [1.54, 1.807) is 5.57 Å². The molecular formula is C16H23N. The number of benzene rings is 1. The molecule has 0 unspecified atom stereocenters. The van der Waals surface area contributed by atoms with Crippen molar-refractivity contribution in [2.75, 3.05) is 11.9 Å². The van der Waals surface area contributed by atoms with Crippen molar-refractivity contribution >= 4 is 5.69 Å². The molecule has 0 radical (unpaired) electrons. The SMILES string of the molecule is CC1=C[C@H](C)[C@H](CNc2ccccc2)[C@H](C)C1. The van der Waals surface area contributed by atoms with Gasteiger partial charge in [0.05, 0.1) is 0 Å². The van der Waals surface area contributed by atoms with E-state index >= 15 is 0 Å². The molecule has 0 heterocycles. The minimum Gasteiger partial charge on any atom is -0.385 e. The maximum absolute atomic E-state index is 3.56. The first-order valence-corrected chi connectivity index (χ1v) is 6.63. The average Bonchev–Trinajstić information content (AvgIpc) is 2.29. The molecule has 1 aliphatic rings. The summed E-state index contributed by atoms with van der Waals surface area (Å²) < 4.78 is 0. The molecule has 0 aliphatic heterocycles. The van der Waals surface area contributed by atoms with Crippen LogP contribution in [0.15, 0.2) is 42.0 Å². The highest BCUT2D eigenvalue weighted by Crippen LogP contribution is 2.33. The first kappa shape index (κ1) is 12.2. The molecule has 1 nitrogen and oxygen atoms in total. The summed E-state index contributed by atoms with van der Waals surface area (Å²) in [6.07, 6.45) is 3.70. The molecule has 0 amide bonds. The molecule has 0 bridgehead atoms. The van der Waals surface area contributed by atoms with Crippen molar-refractivity contribution in [1.29, 1.82) is 0 Å². The molecule has 1 heteroatoms. The molecule has 17 heavy (non-hydrogen) atoms. The molecule has 0 spiro atoms. The highest BCUT2D eigenvalue weighted by molar-refractivity contribution is 5.42. The van der Waals surface area contributed by atoms with Gasteiger partial charge in [-0.2, -0.15) is 0 Å². The highest BCUT2D eigenvalue weighted by Gasteiger charge is 2.26. The maximum Gasteiger partial charge on any atom is 0.0340 e. The summed E-state index contributed by atoms with van der Waals surface area (Å²) in [5, 5.41) is 3.56. The van der Waals surface area contributed by atoms with E-state index < -0.39 is 0 Å². The number of allylic oxidation sites excluding steroid dienone is 2. The minimum atomic E-state index is 0.690. The van der Waals surface area contributed by atoms with Crippen LogP contribution in [0.1, 0.15) is 27.2 Å². The molecule has 0 fully saturated rings. The predicted molar refractivity (Wildman–Crippen MR) is 75.1 cm³/mol. The van der Waals surface area contributed by atoms with Crippen molar-refractivity contribution in [3.05, 3.63) is 42.0 Å². The monoisotopic (exact) mass is 229 g/mol. The topological polar surface area (TPSA) is 12.0 Å². The first-order valence-electron chi connectivity index (χ1n) is 6.63.